The third-order valence-corrected chi connectivity index (χ3v) is 4.06. The monoisotopic (exact) mass is 386 g/mol. The van der Waals surface area contributed by atoms with Crippen molar-refractivity contribution in [2.75, 3.05) is 33.9 Å². The maximum Gasteiger partial charge on any atom is 0.258 e. The molecular formula is C21H26N2O5. The normalized spacial score (nSPS) is 10.1. The summed E-state index contributed by atoms with van der Waals surface area (Å²) in [4.78, 5) is 24.2. The lowest BCUT2D eigenvalue weighted by molar-refractivity contribution is -0.123. The summed E-state index contributed by atoms with van der Waals surface area (Å²) < 4.78 is 15.9. The summed E-state index contributed by atoms with van der Waals surface area (Å²) in [6.45, 7) is 2.54. The van der Waals surface area contributed by atoms with Crippen molar-refractivity contribution in [3.63, 3.8) is 0 Å². The summed E-state index contributed by atoms with van der Waals surface area (Å²) in [6, 6.07) is 12.5. The van der Waals surface area contributed by atoms with Crippen LogP contribution >= 0.6 is 0 Å². The van der Waals surface area contributed by atoms with Crippen LogP contribution in [0, 0.1) is 0 Å². The maximum atomic E-state index is 12.2. The Morgan fingerprint density at radius 3 is 2.21 bits per heavy atom. The number of hydrogen-bond donors (Lipinski definition) is 2. The molecule has 0 radical (unpaired) electrons. The molecule has 0 aliphatic heterocycles. The fourth-order valence-corrected chi connectivity index (χ4v) is 2.55. The van der Waals surface area contributed by atoms with Crippen LogP contribution in [-0.4, -0.2) is 45.7 Å². The first kappa shape index (κ1) is 21.1. The van der Waals surface area contributed by atoms with E-state index in [4.69, 9.17) is 14.2 Å². The molecule has 0 aliphatic rings. The first-order valence-electron chi connectivity index (χ1n) is 9.06. The molecule has 0 unspecified atom stereocenters. The van der Waals surface area contributed by atoms with Crippen LogP contribution in [0.1, 0.15) is 22.8 Å². The van der Waals surface area contributed by atoms with E-state index in [2.05, 4.69) is 10.6 Å². The van der Waals surface area contributed by atoms with Crippen LogP contribution in [-0.2, 0) is 11.2 Å². The molecule has 0 fully saturated rings. The standard InChI is InChI=1S/C21H26N2O5/c1-4-15-7-5-6-8-19(15)28-14-20(24)22-9-10-23-21(25)16-11-17(26-2)13-18(12-16)27-3/h5-8,11-13H,4,9-10,14H2,1-3H3,(H,22,24)(H,23,25). The van der Waals surface area contributed by atoms with Crippen LogP contribution in [0.25, 0.3) is 0 Å². The summed E-state index contributed by atoms with van der Waals surface area (Å²) >= 11 is 0. The second kappa shape index (κ2) is 10.8. The fourth-order valence-electron chi connectivity index (χ4n) is 2.55. The largest absolute Gasteiger partial charge is 0.497 e. The number of benzene rings is 2. The summed E-state index contributed by atoms with van der Waals surface area (Å²) in [7, 11) is 3.04. The van der Waals surface area contributed by atoms with Gasteiger partial charge in [-0.1, -0.05) is 25.1 Å². The van der Waals surface area contributed by atoms with Gasteiger partial charge >= 0.3 is 0 Å². The van der Waals surface area contributed by atoms with Gasteiger partial charge in [-0.05, 0) is 30.2 Å². The predicted molar refractivity (Wildman–Crippen MR) is 106 cm³/mol. The lowest BCUT2D eigenvalue weighted by atomic mass is 10.1. The van der Waals surface area contributed by atoms with Crippen molar-refractivity contribution in [2.24, 2.45) is 0 Å². The van der Waals surface area contributed by atoms with Crippen molar-refractivity contribution in [1.29, 1.82) is 0 Å². The average Bonchev–Trinajstić information content (AvgIpc) is 2.74. The first-order valence-corrected chi connectivity index (χ1v) is 9.06. The van der Waals surface area contributed by atoms with E-state index in [1.165, 1.54) is 14.2 Å². The minimum absolute atomic E-state index is 0.0714. The number of aryl methyl sites for hydroxylation is 1. The van der Waals surface area contributed by atoms with Crippen LogP contribution in [0.5, 0.6) is 17.2 Å². The van der Waals surface area contributed by atoms with Gasteiger partial charge in [0.05, 0.1) is 14.2 Å². The minimum Gasteiger partial charge on any atom is -0.497 e. The van der Waals surface area contributed by atoms with E-state index in [0.29, 0.717) is 29.4 Å². The number of para-hydroxylation sites is 1. The Kier molecular flexibility index (Phi) is 8.14. The van der Waals surface area contributed by atoms with Gasteiger partial charge in [0.15, 0.2) is 6.61 Å². The van der Waals surface area contributed by atoms with Crippen LogP contribution < -0.4 is 24.8 Å². The van der Waals surface area contributed by atoms with Crippen molar-refractivity contribution in [3.05, 3.63) is 53.6 Å². The van der Waals surface area contributed by atoms with Gasteiger partial charge in [-0.25, -0.2) is 0 Å². The number of hydrogen-bond acceptors (Lipinski definition) is 5. The highest BCUT2D eigenvalue weighted by atomic mass is 16.5. The smallest absolute Gasteiger partial charge is 0.258 e. The van der Waals surface area contributed by atoms with Crippen molar-refractivity contribution in [1.82, 2.24) is 10.6 Å². The van der Waals surface area contributed by atoms with E-state index in [1.54, 1.807) is 18.2 Å². The molecule has 0 spiro atoms. The number of rotatable bonds is 10. The van der Waals surface area contributed by atoms with Gasteiger partial charge in [0.2, 0.25) is 0 Å². The van der Waals surface area contributed by atoms with Crippen LogP contribution in [0.2, 0.25) is 0 Å². The molecule has 2 aromatic carbocycles. The molecule has 2 rings (SSSR count). The van der Waals surface area contributed by atoms with Crippen LogP contribution in [0.4, 0.5) is 0 Å². The van der Waals surface area contributed by atoms with Gasteiger partial charge in [-0.2, -0.15) is 0 Å². The molecule has 0 saturated carbocycles. The van der Waals surface area contributed by atoms with E-state index in [1.807, 2.05) is 31.2 Å². The van der Waals surface area contributed by atoms with Crippen molar-refractivity contribution < 1.29 is 23.8 Å². The topological polar surface area (TPSA) is 85.9 Å². The van der Waals surface area contributed by atoms with Crippen molar-refractivity contribution in [2.45, 2.75) is 13.3 Å². The molecule has 2 amide bonds. The number of carbonyl (C=O) groups excluding carboxylic acids is 2. The molecule has 7 heteroatoms. The lowest BCUT2D eigenvalue weighted by Crippen LogP contribution is -2.36. The summed E-state index contributed by atoms with van der Waals surface area (Å²) in [5.74, 6) is 1.24. The van der Waals surface area contributed by atoms with Gasteiger partial charge < -0.3 is 24.8 Å². The Morgan fingerprint density at radius 2 is 1.57 bits per heavy atom. The summed E-state index contributed by atoms with van der Waals surface area (Å²) in [5.41, 5.74) is 1.47. The van der Waals surface area contributed by atoms with E-state index < -0.39 is 0 Å². The maximum absolute atomic E-state index is 12.2. The Labute approximate surface area is 165 Å². The zero-order valence-corrected chi connectivity index (χ0v) is 16.4. The van der Waals surface area contributed by atoms with Gasteiger partial charge in [0.1, 0.15) is 17.2 Å². The molecule has 0 bridgehead atoms. The van der Waals surface area contributed by atoms with Gasteiger partial charge in [-0.3, -0.25) is 9.59 Å². The third-order valence-electron chi connectivity index (χ3n) is 4.06. The molecule has 28 heavy (non-hydrogen) atoms. The highest BCUT2D eigenvalue weighted by Gasteiger charge is 2.10. The summed E-state index contributed by atoms with van der Waals surface area (Å²) in [5, 5.41) is 5.46. The molecule has 0 heterocycles. The molecule has 2 N–H and O–H groups in total. The summed E-state index contributed by atoms with van der Waals surface area (Å²) in [6.07, 6.45) is 0.832. The Hall–Kier alpha value is -3.22. The molecule has 150 valence electrons. The number of nitrogens with one attached hydrogen (secondary N) is 2. The van der Waals surface area contributed by atoms with E-state index in [9.17, 15) is 9.59 Å². The number of amides is 2. The SMILES string of the molecule is CCc1ccccc1OCC(=O)NCCNC(=O)c1cc(OC)cc(OC)c1. The second-order valence-electron chi connectivity index (χ2n) is 5.96. The highest BCUT2D eigenvalue weighted by Crippen LogP contribution is 2.22. The van der Waals surface area contributed by atoms with Crippen molar-refractivity contribution >= 4 is 11.8 Å². The molecule has 0 aliphatic carbocycles. The molecule has 2 aromatic rings. The first-order chi connectivity index (χ1) is 13.6. The zero-order valence-electron chi connectivity index (χ0n) is 16.4. The molecule has 0 aromatic heterocycles. The van der Waals surface area contributed by atoms with E-state index in [-0.39, 0.29) is 25.0 Å². The predicted octanol–water partition coefficient (Wildman–Crippen LogP) is 2.19. The number of ether oxygens (including phenoxy) is 3. The van der Waals surface area contributed by atoms with E-state index in [0.717, 1.165) is 12.0 Å². The van der Waals surface area contributed by atoms with Gasteiger partial charge in [-0.15, -0.1) is 0 Å². The number of carbonyl (C=O) groups is 2. The third kappa shape index (κ3) is 6.19. The zero-order chi connectivity index (χ0) is 20.4. The highest BCUT2D eigenvalue weighted by molar-refractivity contribution is 5.95. The Morgan fingerprint density at radius 1 is 0.929 bits per heavy atom. The van der Waals surface area contributed by atoms with Gasteiger partial charge in [0.25, 0.3) is 11.8 Å². The Bertz CT molecular complexity index is 785. The molecule has 0 saturated heterocycles. The fraction of sp³-hybridized carbons (Fsp3) is 0.333. The molecular weight excluding hydrogens is 360 g/mol. The molecule has 7 nitrogen and oxygen atoms in total. The minimum atomic E-state index is -0.278. The van der Waals surface area contributed by atoms with E-state index >= 15 is 0 Å². The van der Waals surface area contributed by atoms with Gasteiger partial charge in [0, 0.05) is 24.7 Å². The van der Waals surface area contributed by atoms with Crippen molar-refractivity contribution in [3.8, 4) is 17.2 Å². The molecule has 0 atom stereocenters. The number of methoxy groups -OCH3 is 2. The Balaban J connectivity index is 1.74. The second-order valence-corrected chi connectivity index (χ2v) is 5.96. The average molecular weight is 386 g/mol. The quantitative estimate of drug-likeness (QED) is 0.612. The van der Waals surface area contributed by atoms with Crippen LogP contribution in [0.15, 0.2) is 42.5 Å². The lowest BCUT2D eigenvalue weighted by Gasteiger charge is -2.11. The van der Waals surface area contributed by atoms with Crippen LogP contribution in [0.3, 0.4) is 0 Å².